The first-order valence-corrected chi connectivity index (χ1v) is 10.2. The SMILES string of the molecule is CN1C(=O)N(C)C2(CCN(CCCC3(c4ccc(F)cc4)OCCO3)CC2)C1=O. The molecule has 8 heteroatoms. The summed E-state index contributed by atoms with van der Waals surface area (Å²) in [5.41, 5.74) is 0.156. The van der Waals surface area contributed by atoms with E-state index < -0.39 is 11.3 Å². The van der Waals surface area contributed by atoms with Gasteiger partial charge in [-0.05, 0) is 37.9 Å². The van der Waals surface area contributed by atoms with Gasteiger partial charge in [-0.3, -0.25) is 9.69 Å². The molecule has 1 spiro atoms. The monoisotopic (exact) mass is 405 g/mol. The highest BCUT2D eigenvalue weighted by atomic mass is 19.1. The first kappa shape index (κ1) is 20.3. The molecular formula is C21H28FN3O4. The maximum Gasteiger partial charge on any atom is 0.327 e. The number of hydrogen-bond donors (Lipinski definition) is 0. The largest absolute Gasteiger partial charge is 0.343 e. The van der Waals surface area contributed by atoms with Gasteiger partial charge in [-0.25, -0.2) is 9.18 Å². The van der Waals surface area contributed by atoms with E-state index >= 15 is 0 Å². The van der Waals surface area contributed by atoms with Gasteiger partial charge in [-0.1, -0.05) is 12.1 Å². The third-order valence-corrected chi connectivity index (χ3v) is 6.62. The number of hydrogen-bond acceptors (Lipinski definition) is 5. The molecule has 3 aliphatic heterocycles. The van der Waals surface area contributed by atoms with Gasteiger partial charge in [-0.15, -0.1) is 0 Å². The van der Waals surface area contributed by atoms with Gasteiger partial charge < -0.3 is 19.3 Å². The molecule has 1 aromatic carbocycles. The van der Waals surface area contributed by atoms with Crippen LogP contribution in [0.2, 0.25) is 0 Å². The number of imide groups is 1. The summed E-state index contributed by atoms with van der Waals surface area (Å²) in [6.45, 7) is 3.44. The quantitative estimate of drug-likeness (QED) is 0.703. The van der Waals surface area contributed by atoms with Crippen LogP contribution in [-0.2, 0) is 20.1 Å². The van der Waals surface area contributed by atoms with Crippen LogP contribution in [0, 0.1) is 5.82 Å². The normalized spacial score (nSPS) is 24.1. The van der Waals surface area contributed by atoms with Crippen molar-refractivity contribution < 1.29 is 23.5 Å². The third-order valence-electron chi connectivity index (χ3n) is 6.62. The van der Waals surface area contributed by atoms with Crippen LogP contribution in [0.3, 0.4) is 0 Å². The molecule has 0 radical (unpaired) electrons. The third kappa shape index (κ3) is 3.43. The maximum absolute atomic E-state index is 13.3. The highest BCUT2D eigenvalue weighted by molar-refractivity contribution is 6.06. The van der Waals surface area contributed by atoms with E-state index in [2.05, 4.69) is 4.90 Å². The molecule has 0 unspecified atom stereocenters. The fraction of sp³-hybridized carbons (Fsp3) is 0.619. The molecule has 3 saturated heterocycles. The van der Waals surface area contributed by atoms with Crippen molar-refractivity contribution in [3.05, 3.63) is 35.6 Å². The molecule has 158 valence electrons. The molecule has 0 saturated carbocycles. The summed E-state index contributed by atoms with van der Waals surface area (Å²) in [6.07, 6.45) is 2.83. The number of halogens is 1. The highest BCUT2D eigenvalue weighted by Crippen LogP contribution is 2.38. The average molecular weight is 405 g/mol. The number of carbonyl (C=O) groups excluding carboxylic acids is 2. The minimum Gasteiger partial charge on any atom is -0.343 e. The Morgan fingerprint density at radius 2 is 1.66 bits per heavy atom. The van der Waals surface area contributed by atoms with Gasteiger partial charge in [0.15, 0.2) is 5.79 Å². The summed E-state index contributed by atoms with van der Waals surface area (Å²) in [7, 11) is 3.28. The standard InChI is InChI=1S/C21H28FN3O4/c1-23-18(26)20(24(2)19(23)27)9-12-25(13-10-20)11-3-8-21(28-14-15-29-21)16-4-6-17(22)7-5-16/h4-7H,3,8-15H2,1-2H3. The van der Waals surface area contributed by atoms with Gasteiger partial charge in [-0.2, -0.15) is 0 Å². The average Bonchev–Trinajstić information content (AvgIpc) is 3.27. The molecule has 3 aliphatic rings. The Labute approximate surface area is 170 Å². The van der Waals surface area contributed by atoms with Crippen LogP contribution in [0.1, 0.15) is 31.2 Å². The summed E-state index contributed by atoms with van der Waals surface area (Å²) in [5.74, 6) is -1.17. The zero-order valence-electron chi connectivity index (χ0n) is 17.0. The van der Waals surface area contributed by atoms with E-state index in [1.165, 1.54) is 17.0 Å². The van der Waals surface area contributed by atoms with Crippen molar-refractivity contribution in [2.24, 2.45) is 0 Å². The Hall–Kier alpha value is -2.03. The smallest absolute Gasteiger partial charge is 0.327 e. The lowest BCUT2D eigenvalue weighted by molar-refractivity contribution is -0.172. The maximum atomic E-state index is 13.3. The fourth-order valence-electron chi connectivity index (χ4n) is 4.80. The molecular weight excluding hydrogens is 377 g/mol. The van der Waals surface area contributed by atoms with E-state index in [-0.39, 0.29) is 17.8 Å². The summed E-state index contributed by atoms with van der Waals surface area (Å²) in [4.78, 5) is 29.9. The molecule has 3 fully saturated rings. The summed E-state index contributed by atoms with van der Waals surface area (Å²) in [6, 6.07) is 6.08. The van der Waals surface area contributed by atoms with Crippen LogP contribution in [0.5, 0.6) is 0 Å². The number of rotatable bonds is 5. The lowest BCUT2D eigenvalue weighted by Gasteiger charge is -2.41. The Balaban J connectivity index is 1.33. The van der Waals surface area contributed by atoms with Crippen LogP contribution >= 0.6 is 0 Å². The fourth-order valence-corrected chi connectivity index (χ4v) is 4.80. The van der Waals surface area contributed by atoms with Gasteiger partial charge in [0.25, 0.3) is 5.91 Å². The van der Waals surface area contributed by atoms with Crippen LogP contribution < -0.4 is 0 Å². The van der Waals surface area contributed by atoms with Crippen molar-refractivity contribution >= 4 is 11.9 Å². The Kier molecular flexibility index (Phi) is 5.35. The predicted octanol–water partition coefficient (Wildman–Crippen LogP) is 2.16. The number of likely N-dealkylation sites (N-methyl/N-ethyl adjacent to an activating group) is 2. The minimum atomic E-state index is -0.804. The molecule has 0 bridgehead atoms. The Bertz CT molecular complexity index is 771. The molecule has 29 heavy (non-hydrogen) atoms. The van der Waals surface area contributed by atoms with Gasteiger partial charge >= 0.3 is 6.03 Å². The minimum absolute atomic E-state index is 0.0901. The second kappa shape index (κ2) is 7.66. The second-order valence-electron chi connectivity index (χ2n) is 8.14. The number of amides is 3. The van der Waals surface area contributed by atoms with Crippen molar-refractivity contribution in [1.29, 1.82) is 0 Å². The van der Waals surface area contributed by atoms with E-state index in [0.717, 1.165) is 31.6 Å². The van der Waals surface area contributed by atoms with Gasteiger partial charge in [0, 0.05) is 39.2 Å². The molecule has 3 heterocycles. The molecule has 4 rings (SSSR count). The summed E-state index contributed by atoms with van der Waals surface area (Å²) in [5, 5.41) is 0. The molecule has 7 nitrogen and oxygen atoms in total. The van der Waals surface area contributed by atoms with Gasteiger partial charge in [0.05, 0.1) is 13.2 Å². The van der Waals surface area contributed by atoms with E-state index in [1.807, 2.05) is 0 Å². The molecule has 0 atom stereocenters. The Morgan fingerprint density at radius 1 is 1.03 bits per heavy atom. The molecule has 0 N–H and O–H groups in total. The van der Waals surface area contributed by atoms with Gasteiger partial charge in [0.2, 0.25) is 0 Å². The molecule has 0 aliphatic carbocycles. The number of likely N-dealkylation sites (tertiary alicyclic amines) is 1. The van der Waals surface area contributed by atoms with E-state index in [4.69, 9.17) is 9.47 Å². The van der Waals surface area contributed by atoms with Gasteiger partial charge in [0.1, 0.15) is 11.4 Å². The highest BCUT2D eigenvalue weighted by Gasteiger charge is 2.55. The topological polar surface area (TPSA) is 62.3 Å². The number of benzene rings is 1. The zero-order valence-corrected chi connectivity index (χ0v) is 17.0. The molecule has 0 aromatic heterocycles. The van der Waals surface area contributed by atoms with Crippen LogP contribution in [-0.4, -0.2) is 79.1 Å². The second-order valence-corrected chi connectivity index (χ2v) is 8.14. The predicted molar refractivity (Wildman–Crippen MR) is 104 cm³/mol. The van der Waals surface area contributed by atoms with Crippen molar-refractivity contribution in [2.45, 2.75) is 37.0 Å². The van der Waals surface area contributed by atoms with Crippen molar-refractivity contribution in [2.75, 3.05) is 46.9 Å². The van der Waals surface area contributed by atoms with E-state index in [0.29, 0.717) is 32.5 Å². The number of ether oxygens (including phenoxy) is 2. The first-order chi connectivity index (χ1) is 13.9. The van der Waals surface area contributed by atoms with Crippen molar-refractivity contribution in [3.8, 4) is 0 Å². The number of nitrogens with zero attached hydrogens (tertiary/aromatic N) is 3. The summed E-state index contributed by atoms with van der Waals surface area (Å²) >= 11 is 0. The lowest BCUT2D eigenvalue weighted by Crippen LogP contribution is -2.55. The molecule has 3 amide bonds. The number of carbonyl (C=O) groups is 2. The first-order valence-electron chi connectivity index (χ1n) is 10.2. The molecule has 1 aromatic rings. The Morgan fingerprint density at radius 3 is 2.21 bits per heavy atom. The van der Waals surface area contributed by atoms with Crippen LogP contribution in [0.15, 0.2) is 24.3 Å². The zero-order chi connectivity index (χ0) is 20.6. The van der Waals surface area contributed by atoms with Crippen LogP contribution in [0.25, 0.3) is 0 Å². The summed E-state index contributed by atoms with van der Waals surface area (Å²) < 4.78 is 25.1. The number of urea groups is 1. The van der Waals surface area contributed by atoms with Crippen LogP contribution in [0.4, 0.5) is 9.18 Å². The number of piperidine rings is 1. The van der Waals surface area contributed by atoms with E-state index in [1.54, 1.807) is 31.1 Å². The van der Waals surface area contributed by atoms with Crippen molar-refractivity contribution in [1.82, 2.24) is 14.7 Å². The van der Waals surface area contributed by atoms with Crippen molar-refractivity contribution in [3.63, 3.8) is 0 Å². The van der Waals surface area contributed by atoms with E-state index in [9.17, 15) is 14.0 Å². The lowest BCUT2D eigenvalue weighted by atomic mass is 9.86.